The molecule has 0 radical (unpaired) electrons. The molecule has 0 aliphatic rings. The average molecular weight is 285 g/mol. The maximum absolute atomic E-state index is 3.77. The van der Waals surface area contributed by atoms with Crippen molar-refractivity contribution < 1.29 is 0 Å². The van der Waals surface area contributed by atoms with Crippen LogP contribution in [-0.4, -0.2) is 0 Å². The van der Waals surface area contributed by atoms with Crippen LogP contribution in [0.25, 0.3) is 18.2 Å². The number of halogens is 1. The third-order valence-electron chi connectivity index (χ3n) is 2.46. The van der Waals surface area contributed by atoms with Crippen molar-refractivity contribution in [1.29, 1.82) is 0 Å². The second-order valence-corrected chi connectivity index (χ2v) is 4.68. The van der Waals surface area contributed by atoms with Gasteiger partial charge in [0.05, 0.1) is 0 Å². The van der Waals surface area contributed by atoms with Crippen molar-refractivity contribution in [2.45, 2.75) is 0 Å². The van der Waals surface area contributed by atoms with Gasteiger partial charge in [-0.3, -0.25) is 0 Å². The van der Waals surface area contributed by atoms with Crippen LogP contribution in [0, 0.1) is 0 Å². The summed E-state index contributed by atoms with van der Waals surface area (Å²) >= 11 is 3.46. The molecule has 84 valence electrons. The second-order valence-electron chi connectivity index (χ2n) is 3.76. The lowest BCUT2D eigenvalue weighted by Gasteiger charge is -1.97. The quantitative estimate of drug-likeness (QED) is 0.674. The van der Waals surface area contributed by atoms with E-state index >= 15 is 0 Å². The monoisotopic (exact) mass is 284 g/mol. The van der Waals surface area contributed by atoms with E-state index in [9.17, 15) is 0 Å². The predicted octanol–water partition coefficient (Wildman–Crippen LogP) is 5.26. The van der Waals surface area contributed by atoms with E-state index in [4.69, 9.17) is 0 Å². The van der Waals surface area contributed by atoms with Crippen molar-refractivity contribution in [2.24, 2.45) is 0 Å². The Balaban J connectivity index is 2.22. The van der Waals surface area contributed by atoms with Crippen molar-refractivity contribution in [1.82, 2.24) is 0 Å². The first-order valence-corrected chi connectivity index (χ1v) is 6.23. The van der Waals surface area contributed by atoms with Crippen LogP contribution in [0.15, 0.2) is 59.6 Å². The van der Waals surface area contributed by atoms with Crippen LogP contribution in [0.5, 0.6) is 0 Å². The molecule has 0 saturated heterocycles. The summed E-state index contributed by atoms with van der Waals surface area (Å²) < 4.78 is 1.10. The van der Waals surface area contributed by atoms with E-state index in [0.29, 0.717) is 0 Å². The molecule has 1 heteroatoms. The lowest BCUT2D eigenvalue weighted by molar-refractivity contribution is 1.60. The van der Waals surface area contributed by atoms with Gasteiger partial charge in [-0.1, -0.05) is 71.1 Å². The van der Waals surface area contributed by atoms with Crippen LogP contribution >= 0.6 is 15.9 Å². The maximum atomic E-state index is 3.77. The second kappa shape index (κ2) is 5.65. The van der Waals surface area contributed by atoms with Gasteiger partial charge in [-0.2, -0.15) is 0 Å². The Morgan fingerprint density at radius 2 is 1.41 bits per heavy atom. The fourth-order valence-electron chi connectivity index (χ4n) is 1.59. The SMILES string of the molecule is C=Cc1cccc(/C=C/c2cccc(Br)c2)c1. The fraction of sp³-hybridized carbons (Fsp3) is 0. The summed E-state index contributed by atoms with van der Waals surface area (Å²) in [5.41, 5.74) is 3.51. The van der Waals surface area contributed by atoms with Gasteiger partial charge in [0.25, 0.3) is 0 Å². The molecule has 0 aliphatic carbocycles. The largest absolute Gasteiger partial charge is 0.0985 e. The normalized spacial score (nSPS) is 10.6. The van der Waals surface area contributed by atoms with Gasteiger partial charge in [-0.05, 0) is 34.9 Å². The molecule has 0 bridgehead atoms. The minimum atomic E-state index is 1.10. The zero-order valence-electron chi connectivity index (χ0n) is 9.44. The first-order chi connectivity index (χ1) is 8.28. The average Bonchev–Trinajstić information content (AvgIpc) is 2.37. The van der Waals surface area contributed by atoms with Crippen molar-refractivity contribution in [3.63, 3.8) is 0 Å². The molecule has 0 heterocycles. The number of hydrogen-bond acceptors (Lipinski definition) is 0. The van der Waals surface area contributed by atoms with E-state index in [1.807, 2.05) is 30.3 Å². The molecule has 0 aliphatic heterocycles. The van der Waals surface area contributed by atoms with Crippen molar-refractivity contribution >= 4 is 34.2 Å². The zero-order valence-corrected chi connectivity index (χ0v) is 11.0. The molecule has 0 amide bonds. The van der Waals surface area contributed by atoms with Gasteiger partial charge in [-0.25, -0.2) is 0 Å². The minimum Gasteiger partial charge on any atom is -0.0985 e. The van der Waals surface area contributed by atoms with Gasteiger partial charge >= 0.3 is 0 Å². The molecule has 0 fully saturated rings. The molecule has 17 heavy (non-hydrogen) atoms. The Hall–Kier alpha value is -1.60. The summed E-state index contributed by atoms with van der Waals surface area (Å²) in [6, 6.07) is 16.5. The van der Waals surface area contributed by atoms with Crippen LogP contribution in [0.4, 0.5) is 0 Å². The lowest BCUT2D eigenvalue weighted by Crippen LogP contribution is -1.75. The van der Waals surface area contributed by atoms with E-state index < -0.39 is 0 Å². The summed E-state index contributed by atoms with van der Waals surface area (Å²) in [5.74, 6) is 0. The Kier molecular flexibility index (Phi) is 3.94. The highest BCUT2D eigenvalue weighted by Gasteiger charge is 1.91. The minimum absolute atomic E-state index is 1.10. The molecule has 0 N–H and O–H groups in total. The molecule has 0 spiro atoms. The van der Waals surface area contributed by atoms with Crippen molar-refractivity contribution in [3.05, 3.63) is 76.3 Å². The van der Waals surface area contributed by atoms with Gasteiger partial charge in [-0.15, -0.1) is 0 Å². The van der Waals surface area contributed by atoms with Gasteiger partial charge in [0.1, 0.15) is 0 Å². The molecule has 0 aromatic heterocycles. The molecule has 0 unspecified atom stereocenters. The van der Waals surface area contributed by atoms with Crippen molar-refractivity contribution in [3.8, 4) is 0 Å². The van der Waals surface area contributed by atoms with Crippen LogP contribution in [-0.2, 0) is 0 Å². The fourth-order valence-corrected chi connectivity index (χ4v) is 2.01. The summed E-state index contributed by atoms with van der Waals surface area (Å²) in [6.07, 6.45) is 6.07. The van der Waals surface area contributed by atoms with E-state index in [2.05, 4.69) is 58.9 Å². The topological polar surface area (TPSA) is 0 Å². The third-order valence-corrected chi connectivity index (χ3v) is 2.96. The lowest BCUT2D eigenvalue weighted by atomic mass is 10.1. The van der Waals surface area contributed by atoms with E-state index in [-0.39, 0.29) is 0 Å². The van der Waals surface area contributed by atoms with Crippen molar-refractivity contribution in [2.75, 3.05) is 0 Å². The number of benzene rings is 2. The molecular formula is C16H13Br. The van der Waals surface area contributed by atoms with Gasteiger partial charge in [0.2, 0.25) is 0 Å². The van der Waals surface area contributed by atoms with Crippen LogP contribution < -0.4 is 0 Å². The highest BCUT2D eigenvalue weighted by Crippen LogP contribution is 2.15. The molecule has 2 aromatic carbocycles. The Morgan fingerprint density at radius 1 is 0.824 bits per heavy atom. The summed E-state index contributed by atoms with van der Waals surface area (Å²) in [4.78, 5) is 0. The smallest absolute Gasteiger partial charge is 0.0181 e. The summed E-state index contributed by atoms with van der Waals surface area (Å²) in [5, 5.41) is 0. The van der Waals surface area contributed by atoms with E-state index in [1.54, 1.807) is 0 Å². The maximum Gasteiger partial charge on any atom is 0.0181 e. The molecular weight excluding hydrogens is 272 g/mol. The van der Waals surface area contributed by atoms with Gasteiger partial charge in [0, 0.05) is 4.47 Å². The van der Waals surface area contributed by atoms with Crippen LogP contribution in [0.1, 0.15) is 16.7 Å². The van der Waals surface area contributed by atoms with E-state index in [1.165, 1.54) is 11.1 Å². The highest BCUT2D eigenvalue weighted by atomic mass is 79.9. The number of rotatable bonds is 3. The molecule has 0 nitrogen and oxygen atoms in total. The van der Waals surface area contributed by atoms with Crippen LogP contribution in [0.3, 0.4) is 0 Å². The summed E-state index contributed by atoms with van der Waals surface area (Å²) in [7, 11) is 0. The first kappa shape index (κ1) is 11.9. The Bertz CT molecular complexity index is 553. The molecule has 2 aromatic rings. The van der Waals surface area contributed by atoms with Crippen LogP contribution in [0.2, 0.25) is 0 Å². The van der Waals surface area contributed by atoms with Gasteiger partial charge < -0.3 is 0 Å². The standard InChI is InChI=1S/C16H13Br/c1-2-13-5-3-6-14(11-13)9-10-15-7-4-8-16(17)12-15/h2-12H,1H2/b10-9+. The van der Waals surface area contributed by atoms with Gasteiger partial charge in [0.15, 0.2) is 0 Å². The highest BCUT2D eigenvalue weighted by molar-refractivity contribution is 9.10. The first-order valence-electron chi connectivity index (χ1n) is 5.44. The van der Waals surface area contributed by atoms with E-state index in [0.717, 1.165) is 10.0 Å². The number of hydrogen-bond donors (Lipinski definition) is 0. The Morgan fingerprint density at radius 3 is 2.06 bits per heavy atom. The molecule has 0 saturated carbocycles. The molecule has 0 atom stereocenters. The Labute approximate surface area is 110 Å². The molecule has 2 rings (SSSR count). The third kappa shape index (κ3) is 3.43. The summed E-state index contributed by atoms with van der Waals surface area (Å²) in [6.45, 7) is 3.77. The zero-order chi connectivity index (χ0) is 12.1. The predicted molar refractivity (Wildman–Crippen MR) is 79.6 cm³/mol.